The van der Waals surface area contributed by atoms with Gasteiger partial charge in [-0.3, -0.25) is 14.6 Å². The first kappa shape index (κ1) is 16.0. The van der Waals surface area contributed by atoms with Crippen molar-refractivity contribution in [1.29, 1.82) is 0 Å². The van der Waals surface area contributed by atoms with Gasteiger partial charge in [-0.15, -0.1) is 0 Å². The van der Waals surface area contributed by atoms with Crippen molar-refractivity contribution in [2.24, 2.45) is 5.92 Å². The van der Waals surface area contributed by atoms with Crippen LogP contribution < -0.4 is 5.32 Å². The summed E-state index contributed by atoms with van der Waals surface area (Å²) in [4.78, 5) is 28.6. The van der Waals surface area contributed by atoms with Gasteiger partial charge < -0.3 is 9.84 Å². The molecule has 2 aliphatic rings. The molecule has 3 heterocycles. The minimum atomic E-state index is -0.818. The number of imide groups is 1. The second-order valence-corrected chi connectivity index (χ2v) is 6.95. The molecule has 126 valence electrons. The van der Waals surface area contributed by atoms with Gasteiger partial charge in [0, 0.05) is 24.6 Å². The molecule has 7 nitrogen and oxygen atoms in total. The van der Waals surface area contributed by atoms with E-state index in [1.807, 2.05) is 26.8 Å². The summed E-state index contributed by atoms with van der Waals surface area (Å²) < 4.78 is 5.17. The van der Waals surface area contributed by atoms with Gasteiger partial charge in [-0.25, -0.2) is 4.79 Å². The summed E-state index contributed by atoms with van der Waals surface area (Å²) >= 11 is 0. The van der Waals surface area contributed by atoms with Crippen LogP contribution in [0.1, 0.15) is 39.4 Å². The topological polar surface area (TPSA) is 78.7 Å². The van der Waals surface area contributed by atoms with E-state index in [1.165, 1.54) is 4.90 Å². The Labute approximate surface area is 136 Å². The molecule has 3 amide bonds. The van der Waals surface area contributed by atoms with Crippen molar-refractivity contribution in [1.82, 2.24) is 20.3 Å². The molecular weight excluding hydrogens is 296 g/mol. The predicted octanol–water partition coefficient (Wildman–Crippen LogP) is 1.61. The molecule has 3 rings (SSSR count). The Balaban J connectivity index is 1.73. The van der Waals surface area contributed by atoms with Crippen LogP contribution >= 0.6 is 0 Å². The first-order chi connectivity index (χ1) is 10.9. The number of amides is 3. The van der Waals surface area contributed by atoms with E-state index in [9.17, 15) is 9.59 Å². The van der Waals surface area contributed by atoms with Crippen LogP contribution in [0.5, 0.6) is 0 Å². The van der Waals surface area contributed by atoms with Gasteiger partial charge in [0.2, 0.25) is 0 Å². The van der Waals surface area contributed by atoms with Crippen LogP contribution in [-0.2, 0) is 11.3 Å². The van der Waals surface area contributed by atoms with E-state index in [0.717, 1.165) is 31.7 Å². The van der Waals surface area contributed by atoms with Gasteiger partial charge in [0.05, 0.1) is 12.7 Å². The Morgan fingerprint density at radius 2 is 2.26 bits per heavy atom. The molecule has 7 heteroatoms. The Morgan fingerprint density at radius 1 is 1.48 bits per heavy atom. The molecule has 0 radical (unpaired) electrons. The predicted molar refractivity (Wildman–Crippen MR) is 83.4 cm³/mol. The quantitative estimate of drug-likeness (QED) is 0.853. The van der Waals surface area contributed by atoms with Crippen LogP contribution in [0.2, 0.25) is 0 Å². The third-order valence-corrected chi connectivity index (χ3v) is 4.96. The highest BCUT2D eigenvalue weighted by atomic mass is 16.5. The molecule has 23 heavy (non-hydrogen) atoms. The molecule has 0 unspecified atom stereocenters. The molecule has 2 fully saturated rings. The normalized spacial score (nSPS) is 29.4. The third-order valence-electron chi connectivity index (χ3n) is 4.96. The van der Waals surface area contributed by atoms with Crippen molar-refractivity contribution in [3.05, 3.63) is 18.0 Å². The Hall–Kier alpha value is -1.89. The van der Waals surface area contributed by atoms with Crippen LogP contribution in [0.15, 0.2) is 16.8 Å². The van der Waals surface area contributed by atoms with E-state index in [1.54, 1.807) is 6.20 Å². The molecule has 2 atom stereocenters. The van der Waals surface area contributed by atoms with Crippen molar-refractivity contribution in [3.63, 3.8) is 0 Å². The molecule has 0 saturated carbocycles. The molecule has 0 aromatic carbocycles. The van der Waals surface area contributed by atoms with Crippen molar-refractivity contribution >= 4 is 11.9 Å². The van der Waals surface area contributed by atoms with E-state index in [4.69, 9.17) is 4.52 Å². The van der Waals surface area contributed by atoms with Crippen molar-refractivity contribution in [2.75, 3.05) is 13.1 Å². The lowest BCUT2D eigenvalue weighted by atomic mass is 9.80. The summed E-state index contributed by atoms with van der Waals surface area (Å²) in [6.45, 7) is 7.99. The van der Waals surface area contributed by atoms with Crippen molar-refractivity contribution in [3.8, 4) is 0 Å². The number of aromatic nitrogens is 1. The monoisotopic (exact) mass is 320 g/mol. The highest BCUT2D eigenvalue weighted by Crippen LogP contribution is 2.33. The molecule has 1 N–H and O–H groups in total. The Morgan fingerprint density at radius 3 is 2.87 bits per heavy atom. The number of carbonyl (C=O) groups excluding carboxylic acids is 2. The lowest BCUT2D eigenvalue weighted by Crippen LogP contribution is -2.55. The average molecular weight is 320 g/mol. The van der Waals surface area contributed by atoms with Crippen molar-refractivity contribution < 1.29 is 14.1 Å². The lowest BCUT2D eigenvalue weighted by Gasteiger charge is -2.39. The van der Waals surface area contributed by atoms with Gasteiger partial charge in [-0.1, -0.05) is 5.16 Å². The van der Waals surface area contributed by atoms with Crippen LogP contribution in [0.25, 0.3) is 0 Å². The van der Waals surface area contributed by atoms with Gasteiger partial charge >= 0.3 is 6.03 Å². The fraction of sp³-hybridized carbons (Fsp3) is 0.688. The maximum absolute atomic E-state index is 12.8. The minimum Gasteiger partial charge on any atom is -0.360 e. The number of nitrogens with zero attached hydrogens (tertiary/aromatic N) is 3. The van der Waals surface area contributed by atoms with Crippen LogP contribution in [0, 0.1) is 5.92 Å². The standard InChI is InChI=1S/C16H24N4O3/c1-11(2)20-14(21)16(3,18-15(20)22)12-5-4-8-19(9-12)10-13-6-7-17-23-13/h6-7,11-12H,4-5,8-10H2,1-3H3,(H,18,22)/t12-,16+/m1/s1. The average Bonchev–Trinajstić information content (AvgIpc) is 3.07. The molecule has 2 aliphatic heterocycles. The van der Waals surface area contributed by atoms with Gasteiger partial charge in [0.1, 0.15) is 5.54 Å². The number of rotatable bonds is 4. The van der Waals surface area contributed by atoms with E-state index in [-0.39, 0.29) is 23.9 Å². The summed E-state index contributed by atoms with van der Waals surface area (Å²) in [7, 11) is 0. The number of likely N-dealkylation sites (tertiary alicyclic amines) is 1. The number of nitrogens with one attached hydrogen (secondary N) is 1. The summed E-state index contributed by atoms with van der Waals surface area (Å²) in [5, 5.41) is 6.67. The Kier molecular flexibility index (Phi) is 4.14. The maximum atomic E-state index is 12.8. The number of urea groups is 1. The molecule has 0 bridgehead atoms. The zero-order chi connectivity index (χ0) is 16.6. The zero-order valence-corrected chi connectivity index (χ0v) is 13.9. The number of hydrogen-bond acceptors (Lipinski definition) is 5. The van der Waals surface area contributed by atoms with Gasteiger partial charge in [-0.2, -0.15) is 0 Å². The van der Waals surface area contributed by atoms with Gasteiger partial charge in [0.15, 0.2) is 5.76 Å². The van der Waals surface area contributed by atoms with Gasteiger partial charge in [0.25, 0.3) is 5.91 Å². The summed E-state index contributed by atoms with van der Waals surface area (Å²) in [6.07, 6.45) is 3.57. The SMILES string of the molecule is CC(C)N1C(=O)N[C@@](C)([C@@H]2CCCN(Cc3ccno3)C2)C1=O. The van der Waals surface area contributed by atoms with E-state index < -0.39 is 5.54 Å². The molecule has 0 aliphatic carbocycles. The number of carbonyl (C=O) groups is 2. The third kappa shape index (κ3) is 2.85. The van der Waals surface area contributed by atoms with Crippen molar-refractivity contribution in [2.45, 2.75) is 51.7 Å². The second kappa shape index (κ2) is 5.96. The van der Waals surface area contributed by atoms with Crippen LogP contribution in [-0.4, -0.2) is 51.6 Å². The lowest BCUT2D eigenvalue weighted by molar-refractivity contribution is -0.134. The Bertz CT molecular complexity index is 586. The first-order valence-corrected chi connectivity index (χ1v) is 8.19. The summed E-state index contributed by atoms with van der Waals surface area (Å²) in [6, 6.07) is 1.45. The minimum absolute atomic E-state index is 0.0966. The van der Waals surface area contributed by atoms with Crippen LogP contribution in [0.4, 0.5) is 4.79 Å². The van der Waals surface area contributed by atoms with E-state index in [2.05, 4.69) is 15.4 Å². The largest absolute Gasteiger partial charge is 0.360 e. The fourth-order valence-electron chi connectivity index (χ4n) is 3.64. The fourth-order valence-corrected chi connectivity index (χ4v) is 3.64. The number of hydrogen-bond donors (Lipinski definition) is 1. The molecule has 2 saturated heterocycles. The van der Waals surface area contributed by atoms with E-state index in [0.29, 0.717) is 6.54 Å². The highest BCUT2D eigenvalue weighted by molar-refractivity contribution is 6.07. The van der Waals surface area contributed by atoms with Crippen LogP contribution in [0.3, 0.4) is 0 Å². The molecular formula is C16H24N4O3. The second-order valence-electron chi connectivity index (χ2n) is 6.95. The zero-order valence-electron chi connectivity index (χ0n) is 13.9. The highest BCUT2D eigenvalue weighted by Gasteiger charge is 2.53. The van der Waals surface area contributed by atoms with Gasteiger partial charge in [-0.05, 0) is 40.2 Å². The first-order valence-electron chi connectivity index (χ1n) is 8.19. The molecule has 1 aromatic heterocycles. The summed E-state index contributed by atoms with van der Waals surface area (Å²) in [5.74, 6) is 0.810. The van der Waals surface area contributed by atoms with E-state index >= 15 is 0 Å². The summed E-state index contributed by atoms with van der Waals surface area (Å²) in [5.41, 5.74) is -0.818. The smallest absolute Gasteiger partial charge is 0.325 e. The number of piperidine rings is 1. The maximum Gasteiger partial charge on any atom is 0.325 e. The molecule has 1 aromatic rings. The molecule has 0 spiro atoms.